The van der Waals surface area contributed by atoms with E-state index in [1.807, 2.05) is 23.1 Å². The van der Waals surface area contributed by atoms with Crippen LogP contribution in [0.15, 0.2) is 30.3 Å². The van der Waals surface area contributed by atoms with Gasteiger partial charge in [-0.2, -0.15) is 0 Å². The third-order valence-electron chi connectivity index (χ3n) is 4.91. The Balaban J connectivity index is 1.44. The second-order valence-electron chi connectivity index (χ2n) is 6.67. The Kier molecular flexibility index (Phi) is 5.04. The van der Waals surface area contributed by atoms with Gasteiger partial charge in [0.1, 0.15) is 6.04 Å². The molecule has 0 aromatic heterocycles. The normalized spacial score (nSPS) is 25.7. The van der Waals surface area contributed by atoms with Crippen molar-refractivity contribution < 1.29 is 9.59 Å². The monoisotopic (exact) mass is 347 g/mol. The Labute approximate surface area is 147 Å². The van der Waals surface area contributed by atoms with Gasteiger partial charge in [0.15, 0.2) is 0 Å². The first-order valence-electron chi connectivity index (χ1n) is 8.51. The molecule has 0 aliphatic carbocycles. The average molecular weight is 347 g/mol. The summed E-state index contributed by atoms with van der Waals surface area (Å²) in [6.45, 7) is 3.59. The molecule has 0 spiro atoms. The molecule has 2 amide bonds. The Morgan fingerprint density at radius 1 is 1.42 bits per heavy atom. The summed E-state index contributed by atoms with van der Waals surface area (Å²) in [6.07, 6.45) is 2.29. The number of para-hydroxylation sites is 1. The van der Waals surface area contributed by atoms with Crippen molar-refractivity contribution in [2.45, 2.75) is 37.1 Å². The van der Waals surface area contributed by atoms with Crippen molar-refractivity contribution in [3.8, 4) is 0 Å². The minimum atomic E-state index is -0.304. The van der Waals surface area contributed by atoms with Crippen LogP contribution < -0.4 is 10.2 Å². The van der Waals surface area contributed by atoms with Gasteiger partial charge in [-0.15, -0.1) is 11.8 Å². The van der Waals surface area contributed by atoms with Gasteiger partial charge < -0.3 is 15.1 Å². The number of anilines is 1. The van der Waals surface area contributed by atoms with Crippen molar-refractivity contribution in [1.29, 1.82) is 0 Å². The van der Waals surface area contributed by atoms with Gasteiger partial charge in [0, 0.05) is 38.0 Å². The Morgan fingerprint density at radius 2 is 2.17 bits per heavy atom. The molecule has 1 N–H and O–H groups in total. The molecule has 2 saturated heterocycles. The van der Waals surface area contributed by atoms with Gasteiger partial charge in [-0.1, -0.05) is 18.2 Å². The summed E-state index contributed by atoms with van der Waals surface area (Å²) in [5.41, 5.74) is 1.18. The SMILES string of the molecule is CN(CCCNC(=O)C1CSC2(C)CCC(=O)N12)c1ccccc1. The Hall–Kier alpha value is -1.69. The minimum absolute atomic E-state index is 0.0103. The van der Waals surface area contributed by atoms with Crippen LogP contribution in [0.2, 0.25) is 0 Å². The number of rotatable bonds is 6. The summed E-state index contributed by atoms with van der Waals surface area (Å²) in [5, 5.41) is 3.01. The molecule has 0 radical (unpaired) electrons. The number of nitrogens with zero attached hydrogens (tertiary/aromatic N) is 2. The Morgan fingerprint density at radius 3 is 2.92 bits per heavy atom. The lowest BCUT2D eigenvalue weighted by atomic mass is 10.2. The number of hydrogen-bond donors (Lipinski definition) is 1. The van der Waals surface area contributed by atoms with Gasteiger partial charge in [-0.05, 0) is 31.9 Å². The quantitative estimate of drug-likeness (QED) is 0.801. The smallest absolute Gasteiger partial charge is 0.243 e. The van der Waals surface area contributed by atoms with Crippen molar-refractivity contribution in [3.63, 3.8) is 0 Å². The lowest BCUT2D eigenvalue weighted by Gasteiger charge is -2.29. The fourth-order valence-corrected chi connectivity index (χ4v) is 4.90. The van der Waals surface area contributed by atoms with E-state index in [9.17, 15) is 9.59 Å². The van der Waals surface area contributed by atoms with Crippen LogP contribution in [-0.4, -0.2) is 53.5 Å². The summed E-state index contributed by atoms with van der Waals surface area (Å²) in [7, 11) is 2.05. The van der Waals surface area contributed by atoms with Crippen LogP contribution in [0.4, 0.5) is 5.69 Å². The zero-order valence-electron chi connectivity index (χ0n) is 14.3. The summed E-state index contributed by atoms with van der Waals surface area (Å²) in [4.78, 5) is 28.4. The predicted molar refractivity (Wildman–Crippen MR) is 98.1 cm³/mol. The zero-order valence-corrected chi connectivity index (χ0v) is 15.1. The number of carbonyl (C=O) groups excluding carboxylic acids is 2. The molecule has 0 bridgehead atoms. The molecule has 1 aromatic rings. The van der Waals surface area contributed by atoms with Crippen LogP contribution in [0.1, 0.15) is 26.2 Å². The Bertz CT molecular complexity index is 610. The molecular weight excluding hydrogens is 322 g/mol. The fourth-order valence-electron chi connectivity index (χ4n) is 3.47. The van der Waals surface area contributed by atoms with E-state index < -0.39 is 0 Å². The van der Waals surface area contributed by atoms with Crippen LogP contribution in [-0.2, 0) is 9.59 Å². The van der Waals surface area contributed by atoms with Gasteiger partial charge >= 0.3 is 0 Å². The largest absolute Gasteiger partial charge is 0.375 e. The van der Waals surface area contributed by atoms with Gasteiger partial charge in [0.05, 0.1) is 4.87 Å². The highest BCUT2D eigenvalue weighted by Crippen LogP contribution is 2.47. The number of thioether (sulfide) groups is 1. The van der Waals surface area contributed by atoms with Gasteiger partial charge in [0.2, 0.25) is 11.8 Å². The molecule has 6 heteroatoms. The molecule has 2 aliphatic heterocycles. The van der Waals surface area contributed by atoms with Crippen molar-refractivity contribution in [3.05, 3.63) is 30.3 Å². The molecule has 2 aliphatic rings. The van der Waals surface area contributed by atoms with E-state index in [1.54, 1.807) is 11.8 Å². The first-order valence-corrected chi connectivity index (χ1v) is 9.50. The van der Waals surface area contributed by atoms with Crippen molar-refractivity contribution in [1.82, 2.24) is 10.2 Å². The van der Waals surface area contributed by atoms with Crippen molar-refractivity contribution in [2.75, 3.05) is 30.8 Å². The molecule has 5 nitrogen and oxygen atoms in total. The maximum Gasteiger partial charge on any atom is 0.243 e. The highest BCUT2D eigenvalue weighted by Gasteiger charge is 2.52. The van der Waals surface area contributed by atoms with Crippen LogP contribution in [0, 0.1) is 0 Å². The fraction of sp³-hybridized carbons (Fsp3) is 0.556. The second-order valence-corrected chi connectivity index (χ2v) is 8.17. The predicted octanol–water partition coefficient (Wildman–Crippen LogP) is 2.08. The van der Waals surface area contributed by atoms with E-state index in [4.69, 9.17) is 0 Å². The molecule has 24 heavy (non-hydrogen) atoms. The van der Waals surface area contributed by atoms with Crippen molar-refractivity contribution >= 4 is 29.3 Å². The van der Waals surface area contributed by atoms with Gasteiger partial charge in [0.25, 0.3) is 0 Å². The lowest BCUT2D eigenvalue weighted by molar-refractivity contribution is -0.137. The highest BCUT2D eigenvalue weighted by atomic mass is 32.2. The van der Waals surface area contributed by atoms with E-state index in [1.165, 1.54) is 5.69 Å². The maximum absolute atomic E-state index is 12.5. The zero-order chi connectivity index (χ0) is 17.2. The second kappa shape index (κ2) is 7.05. The number of carbonyl (C=O) groups is 2. The van der Waals surface area contributed by atoms with Crippen molar-refractivity contribution in [2.24, 2.45) is 0 Å². The standard InChI is InChI=1S/C18H25N3O2S/c1-18-10-9-16(22)21(18)15(13-24-18)17(23)19-11-6-12-20(2)14-7-4-3-5-8-14/h3-5,7-8,15H,6,9-13H2,1-2H3,(H,19,23). The molecule has 1 aromatic carbocycles. The number of fused-ring (bicyclic) bond motifs is 1. The number of hydrogen-bond acceptors (Lipinski definition) is 4. The summed E-state index contributed by atoms with van der Waals surface area (Å²) in [6, 6.07) is 9.90. The molecule has 2 atom stereocenters. The van der Waals surface area contributed by atoms with Gasteiger partial charge in [-0.25, -0.2) is 0 Å². The molecule has 0 saturated carbocycles. The summed E-state index contributed by atoms with van der Waals surface area (Å²) < 4.78 is 0. The third-order valence-corrected chi connectivity index (χ3v) is 6.42. The maximum atomic E-state index is 12.5. The molecular formula is C18H25N3O2S. The van der Waals surface area contributed by atoms with Crippen LogP contribution in [0.3, 0.4) is 0 Å². The average Bonchev–Trinajstić information content (AvgIpc) is 3.08. The first-order chi connectivity index (χ1) is 11.5. The van der Waals surface area contributed by atoms with Crippen LogP contribution in [0.5, 0.6) is 0 Å². The van der Waals surface area contributed by atoms with E-state index in [-0.39, 0.29) is 22.7 Å². The summed E-state index contributed by atoms with van der Waals surface area (Å²) >= 11 is 1.73. The van der Waals surface area contributed by atoms with E-state index in [0.717, 1.165) is 19.4 Å². The number of benzene rings is 1. The highest BCUT2D eigenvalue weighted by molar-refractivity contribution is 8.01. The third kappa shape index (κ3) is 3.38. The molecule has 2 unspecified atom stereocenters. The van der Waals surface area contributed by atoms with Gasteiger partial charge in [-0.3, -0.25) is 9.59 Å². The summed E-state index contributed by atoms with van der Waals surface area (Å²) in [5.74, 6) is 0.813. The van der Waals surface area contributed by atoms with E-state index in [2.05, 4.69) is 36.3 Å². The van der Waals surface area contributed by atoms with Crippen LogP contribution >= 0.6 is 11.8 Å². The lowest BCUT2D eigenvalue weighted by Crippen LogP contribution is -2.50. The molecule has 3 rings (SSSR count). The molecule has 2 heterocycles. The van der Waals surface area contributed by atoms with E-state index >= 15 is 0 Å². The van der Waals surface area contributed by atoms with E-state index in [0.29, 0.717) is 18.7 Å². The molecule has 130 valence electrons. The molecule has 2 fully saturated rings. The minimum Gasteiger partial charge on any atom is -0.375 e. The first kappa shape index (κ1) is 17.1. The number of amides is 2. The number of nitrogens with one attached hydrogen (secondary N) is 1. The topological polar surface area (TPSA) is 52.7 Å². The van der Waals surface area contributed by atoms with Crippen LogP contribution in [0.25, 0.3) is 0 Å².